The summed E-state index contributed by atoms with van der Waals surface area (Å²) in [5.41, 5.74) is 2.34. The van der Waals surface area contributed by atoms with Crippen LogP contribution in [0.4, 0.5) is 21.6 Å². The Hall–Kier alpha value is -2.21. The van der Waals surface area contributed by atoms with Gasteiger partial charge in [0.25, 0.3) is 0 Å². The second kappa shape index (κ2) is 4.47. The molecule has 7 heteroatoms. The minimum absolute atomic E-state index is 0.0433. The van der Waals surface area contributed by atoms with Crippen molar-refractivity contribution in [1.82, 2.24) is 9.97 Å². The number of hydrogen-bond acceptors (Lipinski definition) is 4. The predicted molar refractivity (Wildman–Crippen MR) is 69.1 cm³/mol. The lowest BCUT2D eigenvalue weighted by Gasteiger charge is -2.08. The molecule has 0 atom stereocenters. The van der Waals surface area contributed by atoms with E-state index in [0.29, 0.717) is 12.1 Å². The van der Waals surface area contributed by atoms with Crippen molar-refractivity contribution in [3.8, 4) is 0 Å². The number of carbonyl (C=O) groups is 1. The monoisotopic (exact) mass is 278 g/mol. The molecule has 0 saturated heterocycles. The lowest BCUT2D eigenvalue weighted by molar-refractivity contribution is -0.115. The van der Waals surface area contributed by atoms with Crippen molar-refractivity contribution >= 4 is 34.7 Å². The van der Waals surface area contributed by atoms with Crippen molar-refractivity contribution in [3.05, 3.63) is 41.1 Å². The van der Waals surface area contributed by atoms with Crippen molar-refractivity contribution in [2.45, 2.75) is 6.42 Å². The van der Waals surface area contributed by atoms with Crippen LogP contribution in [0.2, 0.25) is 5.02 Å². The molecule has 0 spiro atoms. The number of halogens is 2. The summed E-state index contributed by atoms with van der Waals surface area (Å²) in [5.74, 6) is 0.143. The number of nitrogens with zero attached hydrogens (tertiary/aromatic N) is 2. The molecule has 0 radical (unpaired) electrons. The summed E-state index contributed by atoms with van der Waals surface area (Å²) in [4.78, 5) is 18.2. The molecule has 1 aromatic carbocycles. The number of rotatable bonds is 2. The van der Waals surface area contributed by atoms with Crippen LogP contribution >= 0.6 is 11.6 Å². The summed E-state index contributed by atoms with van der Waals surface area (Å²) in [5, 5.41) is 5.84. The first-order chi connectivity index (χ1) is 9.11. The van der Waals surface area contributed by atoms with E-state index in [-0.39, 0.29) is 16.7 Å². The number of fused-ring (bicyclic) bond motifs is 1. The van der Waals surface area contributed by atoms with E-state index in [0.717, 1.165) is 11.3 Å². The normalized spacial score (nSPS) is 13.1. The fourth-order valence-electron chi connectivity index (χ4n) is 1.88. The highest BCUT2D eigenvalue weighted by Crippen LogP contribution is 2.28. The van der Waals surface area contributed by atoms with Gasteiger partial charge in [-0.2, -0.15) is 9.37 Å². The zero-order valence-electron chi connectivity index (χ0n) is 9.58. The largest absolute Gasteiger partial charge is 0.339 e. The highest BCUT2D eigenvalue weighted by atomic mass is 35.5. The van der Waals surface area contributed by atoms with Crippen LogP contribution in [0, 0.1) is 6.08 Å². The molecule has 2 heterocycles. The molecule has 0 saturated carbocycles. The molecule has 2 aromatic rings. The Morgan fingerprint density at radius 2 is 2.26 bits per heavy atom. The first kappa shape index (κ1) is 11.9. The molecular formula is C12H8ClFN4O. The fraction of sp³-hybridized carbons (Fsp3) is 0.0833. The van der Waals surface area contributed by atoms with E-state index in [2.05, 4.69) is 20.6 Å². The molecule has 1 amide bonds. The Labute approximate surface area is 112 Å². The van der Waals surface area contributed by atoms with Gasteiger partial charge in [0.1, 0.15) is 5.02 Å². The summed E-state index contributed by atoms with van der Waals surface area (Å²) < 4.78 is 12.9. The Bertz CT molecular complexity index is 677. The zero-order chi connectivity index (χ0) is 13.4. The third kappa shape index (κ3) is 2.34. The summed E-state index contributed by atoms with van der Waals surface area (Å²) >= 11 is 5.87. The molecule has 5 nitrogen and oxygen atoms in total. The quantitative estimate of drug-likeness (QED) is 0.829. The average molecular weight is 279 g/mol. The lowest BCUT2D eigenvalue weighted by Crippen LogP contribution is -2.03. The van der Waals surface area contributed by atoms with Gasteiger partial charge < -0.3 is 10.6 Å². The number of hydrogen-bond donors (Lipinski definition) is 2. The highest BCUT2D eigenvalue weighted by Gasteiger charge is 2.17. The van der Waals surface area contributed by atoms with Crippen LogP contribution in [0.3, 0.4) is 0 Å². The SMILES string of the molecule is O=C1Cc2cc(Nc3nc(F)ncc3Cl)ccc2N1. The van der Waals surface area contributed by atoms with Gasteiger partial charge in [-0.25, -0.2) is 4.98 Å². The zero-order valence-corrected chi connectivity index (χ0v) is 10.3. The minimum Gasteiger partial charge on any atom is -0.339 e. The molecule has 1 aliphatic heterocycles. The Morgan fingerprint density at radius 3 is 3.11 bits per heavy atom. The van der Waals surface area contributed by atoms with Crippen molar-refractivity contribution < 1.29 is 9.18 Å². The first-order valence-electron chi connectivity index (χ1n) is 5.49. The Balaban J connectivity index is 1.90. The van der Waals surface area contributed by atoms with Crippen LogP contribution in [0.1, 0.15) is 5.56 Å². The van der Waals surface area contributed by atoms with Crippen LogP contribution in [-0.4, -0.2) is 15.9 Å². The molecule has 0 bridgehead atoms. The number of carbonyl (C=O) groups excluding carboxylic acids is 1. The number of anilines is 3. The second-order valence-electron chi connectivity index (χ2n) is 4.06. The molecule has 0 aliphatic carbocycles. The van der Waals surface area contributed by atoms with Gasteiger partial charge in [-0.1, -0.05) is 11.6 Å². The topological polar surface area (TPSA) is 66.9 Å². The van der Waals surface area contributed by atoms with E-state index >= 15 is 0 Å². The van der Waals surface area contributed by atoms with Crippen molar-refractivity contribution in [2.75, 3.05) is 10.6 Å². The number of benzene rings is 1. The Morgan fingerprint density at radius 1 is 1.42 bits per heavy atom. The number of nitrogens with one attached hydrogen (secondary N) is 2. The number of aromatic nitrogens is 2. The molecule has 19 heavy (non-hydrogen) atoms. The van der Waals surface area contributed by atoms with Crippen molar-refractivity contribution in [2.24, 2.45) is 0 Å². The third-order valence-corrected chi connectivity index (χ3v) is 2.98. The maximum absolute atomic E-state index is 12.9. The standard InChI is InChI=1S/C12H8ClFN4O/c13-8-5-15-12(14)18-11(8)16-7-1-2-9-6(3-7)4-10(19)17-9/h1-3,5H,4H2,(H,17,19)(H,15,16,18). The summed E-state index contributed by atoms with van der Waals surface area (Å²) in [6, 6.07) is 5.32. The first-order valence-corrected chi connectivity index (χ1v) is 5.87. The maximum Gasteiger partial charge on any atom is 0.310 e. The fourth-order valence-corrected chi connectivity index (χ4v) is 2.02. The van der Waals surface area contributed by atoms with Crippen LogP contribution in [-0.2, 0) is 11.2 Å². The third-order valence-electron chi connectivity index (χ3n) is 2.71. The van der Waals surface area contributed by atoms with E-state index in [1.165, 1.54) is 6.20 Å². The van der Waals surface area contributed by atoms with Gasteiger partial charge in [0.2, 0.25) is 5.91 Å². The Kier molecular flexibility index (Phi) is 2.79. The van der Waals surface area contributed by atoms with Crippen molar-refractivity contribution in [1.29, 1.82) is 0 Å². The van der Waals surface area contributed by atoms with E-state index in [1.54, 1.807) is 18.2 Å². The molecular weight excluding hydrogens is 271 g/mol. The van der Waals surface area contributed by atoms with Gasteiger partial charge >= 0.3 is 6.08 Å². The molecule has 2 N–H and O–H groups in total. The van der Waals surface area contributed by atoms with E-state index in [1.807, 2.05) is 0 Å². The summed E-state index contributed by atoms with van der Waals surface area (Å²) in [7, 11) is 0. The molecule has 0 unspecified atom stereocenters. The van der Waals surface area contributed by atoms with Crippen LogP contribution < -0.4 is 10.6 Å². The number of amides is 1. The minimum atomic E-state index is -0.857. The molecule has 1 aromatic heterocycles. The average Bonchev–Trinajstić information content (AvgIpc) is 2.73. The van der Waals surface area contributed by atoms with Gasteiger partial charge in [-0.15, -0.1) is 0 Å². The summed E-state index contributed by atoms with van der Waals surface area (Å²) in [6.45, 7) is 0. The summed E-state index contributed by atoms with van der Waals surface area (Å²) in [6.07, 6.45) is 0.659. The molecule has 3 rings (SSSR count). The van der Waals surface area contributed by atoms with Crippen LogP contribution in [0.5, 0.6) is 0 Å². The molecule has 96 valence electrons. The molecule has 1 aliphatic rings. The van der Waals surface area contributed by atoms with Gasteiger partial charge in [0.15, 0.2) is 5.82 Å². The van der Waals surface area contributed by atoms with E-state index in [4.69, 9.17) is 11.6 Å². The van der Waals surface area contributed by atoms with Gasteiger partial charge in [0, 0.05) is 11.4 Å². The predicted octanol–water partition coefficient (Wildman–Crippen LogP) is 2.51. The molecule has 0 fully saturated rings. The van der Waals surface area contributed by atoms with Gasteiger partial charge in [0.05, 0.1) is 12.6 Å². The van der Waals surface area contributed by atoms with Crippen LogP contribution in [0.25, 0.3) is 0 Å². The second-order valence-corrected chi connectivity index (χ2v) is 4.46. The smallest absolute Gasteiger partial charge is 0.310 e. The van der Waals surface area contributed by atoms with Crippen LogP contribution in [0.15, 0.2) is 24.4 Å². The van der Waals surface area contributed by atoms with Gasteiger partial charge in [-0.05, 0) is 23.8 Å². The van der Waals surface area contributed by atoms with Gasteiger partial charge in [-0.3, -0.25) is 4.79 Å². The lowest BCUT2D eigenvalue weighted by atomic mass is 10.1. The highest BCUT2D eigenvalue weighted by molar-refractivity contribution is 6.32. The maximum atomic E-state index is 12.9. The van der Waals surface area contributed by atoms with E-state index < -0.39 is 6.08 Å². The van der Waals surface area contributed by atoms with E-state index in [9.17, 15) is 9.18 Å². The van der Waals surface area contributed by atoms with Crippen molar-refractivity contribution in [3.63, 3.8) is 0 Å².